The molecule has 0 fully saturated rings. The lowest BCUT2D eigenvalue weighted by atomic mass is 10.0. The number of nitrogens with one attached hydrogen (secondary N) is 1. The van der Waals surface area contributed by atoms with Gasteiger partial charge >= 0.3 is 0 Å². The van der Waals surface area contributed by atoms with Gasteiger partial charge in [-0.1, -0.05) is 25.1 Å². The summed E-state index contributed by atoms with van der Waals surface area (Å²) in [5.74, 6) is 0.551. The highest BCUT2D eigenvalue weighted by Crippen LogP contribution is 2.26. The van der Waals surface area contributed by atoms with E-state index in [0.29, 0.717) is 12.2 Å². The molecular weight excluding hydrogens is 418 g/mol. The third kappa shape index (κ3) is 4.70. The minimum atomic E-state index is -0.255. The van der Waals surface area contributed by atoms with Crippen LogP contribution in [0.5, 0.6) is 5.75 Å². The van der Waals surface area contributed by atoms with Crippen molar-refractivity contribution in [1.29, 1.82) is 0 Å². The second kappa shape index (κ2) is 9.75. The van der Waals surface area contributed by atoms with E-state index in [4.69, 9.17) is 9.72 Å². The number of aryl methyl sites for hydroxylation is 1. The number of para-hydroxylation sites is 1. The Bertz CT molecular complexity index is 1280. The lowest BCUT2D eigenvalue weighted by Gasteiger charge is -2.10. The number of rotatable bonds is 7. The third-order valence-corrected chi connectivity index (χ3v) is 6.12. The second-order valence-electron chi connectivity index (χ2n) is 7.29. The van der Waals surface area contributed by atoms with Crippen LogP contribution in [-0.4, -0.2) is 23.2 Å². The van der Waals surface area contributed by atoms with Crippen LogP contribution < -0.4 is 10.2 Å². The van der Waals surface area contributed by atoms with Crippen molar-refractivity contribution in [2.75, 3.05) is 6.61 Å². The number of hydrazone groups is 1. The highest BCUT2D eigenvalue weighted by Gasteiger charge is 2.14. The monoisotopic (exact) mass is 443 g/mol. The number of fused-ring (bicyclic) bond motifs is 1. The molecule has 2 aromatic heterocycles. The van der Waals surface area contributed by atoms with Gasteiger partial charge in [-0.15, -0.1) is 11.3 Å². The van der Waals surface area contributed by atoms with Crippen molar-refractivity contribution in [2.24, 2.45) is 5.10 Å². The van der Waals surface area contributed by atoms with Crippen molar-refractivity contribution in [2.45, 2.75) is 27.2 Å². The van der Waals surface area contributed by atoms with E-state index in [1.807, 2.05) is 74.5 Å². The van der Waals surface area contributed by atoms with Crippen molar-refractivity contribution in [3.63, 3.8) is 0 Å². The van der Waals surface area contributed by atoms with E-state index in [1.165, 1.54) is 4.88 Å². The van der Waals surface area contributed by atoms with Crippen molar-refractivity contribution in [1.82, 2.24) is 10.4 Å². The smallest absolute Gasteiger partial charge is 0.272 e. The molecule has 0 saturated carbocycles. The molecule has 4 aromatic rings. The Balaban J connectivity index is 1.69. The maximum absolute atomic E-state index is 13.2. The fourth-order valence-electron chi connectivity index (χ4n) is 3.48. The first-order valence-corrected chi connectivity index (χ1v) is 11.5. The summed E-state index contributed by atoms with van der Waals surface area (Å²) >= 11 is 1.67. The summed E-state index contributed by atoms with van der Waals surface area (Å²) in [5, 5.41) is 5.23. The average molecular weight is 444 g/mol. The molecule has 1 N–H and O–H groups in total. The lowest BCUT2D eigenvalue weighted by molar-refractivity contribution is 0.0956. The van der Waals surface area contributed by atoms with Crippen LogP contribution in [0.3, 0.4) is 0 Å². The molecule has 32 heavy (non-hydrogen) atoms. The number of ether oxygens (including phenoxy) is 1. The van der Waals surface area contributed by atoms with E-state index in [-0.39, 0.29) is 5.91 Å². The van der Waals surface area contributed by atoms with E-state index in [1.54, 1.807) is 11.3 Å². The van der Waals surface area contributed by atoms with Crippen LogP contribution in [0.1, 0.15) is 40.4 Å². The Labute approximate surface area is 191 Å². The van der Waals surface area contributed by atoms with E-state index in [2.05, 4.69) is 23.5 Å². The molecule has 1 amide bonds. The number of nitrogens with zero attached hydrogens (tertiary/aromatic N) is 2. The van der Waals surface area contributed by atoms with Gasteiger partial charge in [-0.2, -0.15) is 5.10 Å². The topological polar surface area (TPSA) is 63.6 Å². The van der Waals surface area contributed by atoms with Gasteiger partial charge in [0.15, 0.2) is 0 Å². The first-order chi connectivity index (χ1) is 15.6. The zero-order chi connectivity index (χ0) is 22.5. The quantitative estimate of drug-likeness (QED) is 0.273. The Kier molecular flexibility index (Phi) is 6.61. The zero-order valence-electron chi connectivity index (χ0n) is 18.4. The van der Waals surface area contributed by atoms with Crippen LogP contribution in [0, 0.1) is 6.92 Å². The van der Waals surface area contributed by atoms with E-state index in [0.717, 1.165) is 44.9 Å². The van der Waals surface area contributed by atoms with E-state index >= 15 is 0 Å². The molecule has 0 spiro atoms. The van der Waals surface area contributed by atoms with Crippen LogP contribution in [0.25, 0.3) is 22.2 Å². The number of benzene rings is 2. The van der Waals surface area contributed by atoms with E-state index in [9.17, 15) is 4.79 Å². The number of pyridine rings is 1. The molecule has 0 unspecified atom stereocenters. The maximum Gasteiger partial charge on any atom is 0.272 e. The minimum absolute atomic E-state index is 0.255. The minimum Gasteiger partial charge on any atom is -0.494 e. The fourth-order valence-corrected chi connectivity index (χ4v) is 4.40. The summed E-state index contributed by atoms with van der Waals surface area (Å²) in [6.07, 6.45) is 0.731. The van der Waals surface area contributed by atoms with Crippen LogP contribution in [0.2, 0.25) is 0 Å². The number of hydrogen-bond acceptors (Lipinski definition) is 5. The predicted molar refractivity (Wildman–Crippen MR) is 132 cm³/mol. The number of carbonyl (C=O) groups excluding carboxylic acids is 1. The zero-order valence-corrected chi connectivity index (χ0v) is 19.2. The number of aromatic nitrogens is 1. The Morgan fingerprint density at radius 2 is 1.84 bits per heavy atom. The van der Waals surface area contributed by atoms with Gasteiger partial charge in [0.1, 0.15) is 5.75 Å². The molecule has 0 aliphatic heterocycles. The summed E-state index contributed by atoms with van der Waals surface area (Å²) in [5.41, 5.74) is 6.57. The third-order valence-electron chi connectivity index (χ3n) is 5.07. The van der Waals surface area contributed by atoms with Crippen LogP contribution >= 0.6 is 11.3 Å². The molecule has 0 radical (unpaired) electrons. The van der Waals surface area contributed by atoms with Gasteiger partial charge in [0.05, 0.1) is 34.0 Å². The molecule has 0 aliphatic rings. The van der Waals surface area contributed by atoms with Crippen molar-refractivity contribution >= 4 is 33.9 Å². The molecule has 0 bridgehead atoms. The summed E-state index contributed by atoms with van der Waals surface area (Å²) < 4.78 is 5.53. The Hall–Kier alpha value is -3.51. The Morgan fingerprint density at radius 3 is 2.53 bits per heavy atom. The standard InChI is InChI=1S/C26H25N3O2S/c1-4-22(25-15-10-17(3)32-25)28-29-26(30)21-16-24(27-23-9-7-6-8-20(21)23)18-11-13-19(14-12-18)31-5-2/h6-16H,4-5H2,1-3H3,(H,29,30)/b28-22+. The normalized spacial score (nSPS) is 11.5. The largest absolute Gasteiger partial charge is 0.494 e. The van der Waals surface area contributed by atoms with E-state index < -0.39 is 0 Å². The van der Waals surface area contributed by atoms with Gasteiger partial charge in [-0.05, 0) is 68.8 Å². The Morgan fingerprint density at radius 1 is 1.06 bits per heavy atom. The second-order valence-corrected chi connectivity index (χ2v) is 8.58. The number of hydrogen-bond donors (Lipinski definition) is 1. The number of thiophene rings is 1. The molecule has 0 aliphatic carbocycles. The molecule has 5 nitrogen and oxygen atoms in total. The van der Waals surface area contributed by atoms with Gasteiger partial charge in [-0.25, -0.2) is 10.4 Å². The van der Waals surface area contributed by atoms with Crippen LogP contribution in [-0.2, 0) is 0 Å². The molecule has 0 atom stereocenters. The SMILES string of the molecule is CCOc1ccc(-c2cc(C(=O)N/N=C(\CC)c3ccc(C)s3)c3ccccc3n2)cc1. The van der Waals surface area contributed by atoms with Crippen LogP contribution in [0.4, 0.5) is 0 Å². The molecule has 2 aromatic carbocycles. The fraction of sp³-hybridized carbons (Fsp3) is 0.192. The van der Waals surface area contributed by atoms with Gasteiger partial charge in [0.25, 0.3) is 5.91 Å². The summed E-state index contributed by atoms with van der Waals surface area (Å²) in [6, 6.07) is 21.3. The number of amides is 1. The summed E-state index contributed by atoms with van der Waals surface area (Å²) in [4.78, 5) is 20.2. The van der Waals surface area contributed by atoms with Crippen molar-refractivity contribution in [3.8, 4) is 17.0 Å². The molecule has 4 rings (SSSR count). The highest BCUT2D eigenvalue weighted by molar-refractivity contribution is 7.14. The summed E-state index contributed by atoms with van der Waals surface area (Å²) in [6.45, 7) is 6.66. The first kappa shape index (κ1) is 21.7. The molecule has 2 heterocycles. The van der Waals surface area contributed by atoms with Gasteiger partial charge in [-0.3, -0.25) is 4.79 Å². The van der Waals surface area contributed by atoms with Crippen molar-refractivity contribution < 1.29 is 9.53 Å². The first-order valence-electron chi connectivity index (χ1n) is 10.7. The van der Waals surface area contributed by atoms with Crippen LogP contribution in [0.15, 0.2) is 71.8 Å². The molecule has 0 saturated heterocycles. The van der Waals surface area contributed by atoms with Gasteiger partial charge < -0.3 is 4.74 Å². The highest BCUT2D eigenvalue weighted by atomic mass is 32.1. The van der Waals surface area contributed by atoms with Gasteiger partial charge in [0, 0.05) is 15.8 Å². The molecule has 162 valence electrons. The molecular formula is C26H25N3O2S. The molecule has 6 heteroatoms. The predicted octanol–water partition coefficient (Wildman–Crippen LogP) is 6.21. The van der Waals surface area contributed by atoms with Gasteiger partial charge in [0.2, 0.25) is 0 Å². The lowest BCUT2D eigenvalue weighted by Crippen LogP contribution is -2.20. The maximum atomic E-state index is 13.2. The summed E-state index contributed by atoms with van der Waals surface area (Å²) in [7, 11) is 0. The number of carbonyl (C=O) groups is 1. The average Bonchev–Trinajstić information content (AvgIpc) is 3.25. The van der Waals surface area contributed by atoms with Crippen molar-refractivity contribution in [3.05, 3.63) is 82.0 Å².